The molecule has 3 heteroatoms. The molecule has 0 radical (unpaired) electrons. The molecule has 2 aromatic carbocycles. The molecule has 0 spiro atoms. The van der Waals surface area contributed by atoms with E-state index >= 15 is 0 Å². The summed E-state index contributed by atoms with van der Waals surface area (Å²) in [7, 11) is 0. The zero-order valence-electron chi connectivity index (χ0n) is 11.4. The van der Waals surface area contributed by atoms with Crippen LogP contribution in [0.25, 0.3) is 0 Å². The number of rotatable bonds is 5. The van der Waals surface area contributed by atoms with Crippen LogP contribution in [0, 0.1) is 0 Å². The molecule has 20 heavy (non-hydrogen) atoms. The van der Waals surface area contributed by atoms with Crippen molar-refractivity contribution in [3.63, 3.8) is 0 Å². The lowest BCUT2D eigenvalue weighted by molar-refractivity contribution is 0.120. The molecule has 1 aliphatic carbocycles. The Hall–Kier alpha value is -1.61. The molecule has 3 rings (SSSR count). The largest absolute Gasteiger partial charge is 0.490 e. The minimum Gasteiger partial charge on any atom is -0.490 e. The van der Waals surface area contributed by atoms with Crippen LogP contribution in [0.15, 0.2) is 53.4 Å². The summed E-state index contributed by atoms with van der Waals surface area (Å²) in [5, 5.41) is 3.41. The Morgan fingerprint density at radius 2 is 1.90 bits per heavy atom. The van der Waals surface area contributed by atoms with Gasteiger partial charge in [0.05, 0.1) is 6.10 Å². The molecule has 1 saturated carbocycles. The van der Waals surface area contributed by atoms with Gasteiger partial charge in [-0.2, -0.15) is 0 Å². The first-order chi connectivity index (χ1) is 9.81. The van der Waals surface area contributed by atoms with Crippen molar-refractivity contribution in [2.75, 3.05) is 5.32 Å². The zero-order valence-corrected chi connectivity index (χ0v) is 12.3. The molecular weight excluding hydrogens is 266 g/mol. The van der Waals surface area contributed by atoms with E-state index in [0.717, 1.165) is 28.4 Å². The second-order valence-electron chi connectivity index (χ2n) is 5.18. The van der Waals surface area contributed by atoms with E-state index in [2.05, 4.69) is 36.1 Å². The minimum atomic E-state index is 0.413. The number of hydrogen-bond acceptors (Lipinski definition) is 3. The average Bonchev–Trinajstić information content (AvgIpc) is 2.44. The van der Waals surface area contributed by atoms with Crippen molar-refractivity contribution in [3.8, 4) is 5.75 Å². The van der Waals surface area contributed by atoms with Crippen LogP contribution in [-0.4, -0.2) is 6.10 Å². The lowest BCUT2D eigenvalue weighted by Gasteiger charge is -2.26. The van der Waals surface area contributed by atoms with E-state index in [-0.39, 0.29) is 0 Å². The van der Waals surface area contributed by atoms with E-state index in [1.807, 2.05) is 30.3 Å². The number of hydrogen-bond donors (Lipinski definition) is 2. The standard InChI is InChI=1S/C17H19NOS/c20-17-10-9-16(19-15-7-4-8-15)11-13(17)12-18-14-5-2-1-3-6-14/h1-3,5-6,9-11,15,18,20H,4,7-8,12H2. The first kappa shape index (κ1) is 13.4. The predicted molar refractivity (Wildman–Crippen MR) is 85.7 cm³/mol. The Kier molecular flexibility index (Phi) is 4.16. The Morgan fingerprint density at radius 1 is 1.10 bits per heavy atom. The molecule has 0 amide bonds. The van der Waals surface area contributed by atoms with Crippen LogP contribution in [0.5, 0.6) is 5.75 Å². The highest BCUT2D eigenvalue weighted by molar-refractivity contribution is 7.80. The summed E-state index contributed by atoms with van der Waals surface area (Å²) in [6, 6.07) is 16.3. The van der Waals surface area contributed by atoms with E-state index in [9.17, 15) is 0 Å². The summed E-state index contributed by atoms with van der Waals surface area (Å²) >= 11 is 4.52. The second kappa shape index (κ2) is 6.23. The molecule has 0 heterocycles. The Balaban J connectivity index is 1.66. The molecule has 2 nitrogen and oxygen atoms in total. The minimum absolute atomic E-state index is 0.413. The highest BCUT2D eigenvalue weighted by Gasteiger charge is 2.19. The first-order valence-electron chi connectivity index (χ1n) is 7.09. The van der Waals surface area contributed by atoms with Crippen molar-refractivity contribution in [1.29, 1.82) is 0 Å². The van der Waals surface area contributed by atoms with E-state index in [0.29, 0.717) is 6.10 Å². The molecule has 0 saturated heterocycles. The molecular formula is C17H19NOS. The summed E-state index contributed by atoms with van der Waals surface area (Å²) in [5.41, 5.74) is 2.28. The predicted octanol–water partition coefficient (Wildman–Crippen LogP) is 4.52. The van der Waals surface area contributed by atoms with Gasteiger partial charge in [0.1, 0.15) is 5.75 Å². The van der Waals surface area contributed by atoms with Gasteiger partial charge in [0.2, 0.25) is 0 Å². The van der Waals surface area contributed by atoms with Gasteiger partial charge in [-0.25, -0.2) is 0 Å². The van der Waals surface area contributed by atoms with Crippen molar-refractivity contribution in [2.45, 2.75) is 36.8 Å². The lowest BCUT2D eigenvalue weighted by atomic mass is 9.96. The van der Waals surface area contributed by atoms with E-state index in [1.165, 1.54) is 19.3 Å². The van der Waals surface area contributed by atoms with Crippen molar-refractivity contribution in [1.82, 2.24) is 0 Å². The highest BCUT2D eigenvalue weighted by atomic mass is 32.1. The molecule has 0 unspecified atom stereocenters. The van der Waals surface area contributed by atoms with Crippen molar-refractivity contribution >= 4 is 18.3 Å². The van der Waals surface area contributed by atoms with Gasteiger partial charge in [-0.3, -0.25) is 0 Å². The Morgan fingerprint density at radius 3 is 2.60 bits per heavy atom. The van der Waals surface area contributed by atoms with Crippen LogP contribution in [0.1, 0.15) is 24.8 Å². The maximum absolute atomic E-state index is 5.94. The fourth-order valence-electron chi connectivity index (χ4n) is 2.21. The summed E-state index contributed by atoms with van der Waals surface area (Å²) in [4.78, 5) is 0.995. The number of para-hydroxylation sites is 1. The third-order valence-corrected chi connectivity index (χ3v) is 4.10. The number of ether oxygens (including phenoxy) is 1. The van der Waals surface area contributed by atoms with Crippen LogP contribution < -0.4 is 10.1 Å². The maximum atomic E-state index is 5.94. The fraction of sp³-hybridized carbons (Fsp3) is 0.294. The van der Waals surface area contributed by atoms with Gasteiger partial charge < -0.3 is 10.1 Å². The van der Waals surface area contributed by atoms with Gasteiger partial charge >= 0.3 is 0 Å². The van der Waals surface area contributed by atoms with Crippen LogP contribution in [0.4, 0.5) is 5.69 Å². The lowest BCUT2D eigenvalue weighted by Crippen LogP contribution is -2.24. The maximum Gasteiger partial charge on any atom is 0.120 e. The molecule has 2 aromatic rings. The van der Waals surface area contributed by atoms with E-state index in [1.54, 1.807) is 0 Å². The summed E-state index contributed by atoms with van der Waals surface area (Å²) in [5.74, 6) is 0.956. The van der Waals surface area contributed by atoms with Crippen molar-refractivity contribution < 1.29 is 4.74 Å². The van der Waals surface area contributed by atoms with Crippen LogP contribution >= 0.6 is 12.6 Å². The van der Waals surface area contributed by atoms with Crippen LogP contribution in [-0.2, 0) is 6.54 Å². The number of benzene rings is 2. The van der Waals surface area contributed by atoms with Gasteiger partial charge in [-0.15, -0.1) is 12.6 Å². The summed E-state index contributed by atoms with van der Waals surface area (Å²) < 4.78 is 5.94. The van der Waals surface area contributed by atoms with Crippen LogP contribution in [0.2, 0.25) is 0 Å². The molecule has 0 bridgehead atoms. The molecule has 0 aliphatic heterocycles. The normalized spacial score (nSPS) is 14.7. The third-order valence-electron chi connectivity index (χ3n) is 3.66. The fourth-order valence-corrected chi connectivity index (χ4v) is 2.43. The molecule has 0 atom stereocenters. The summed E-state index contributed by atoms with van der Waals surface area (Å²) in [6.07, 6.45) is 4.06. The van der Waals surface area contributed by atoms with Gasteiger partial charge in [-0.1, -0.05) is 18.2 Å². The van der Waals surface area contributed by atoms with Crippen LogP contribution in [0.3, 0.4) is 0 Å². The molecule has 1 aliphatic rings. The molecule has 104 valence electrons. The van der Waals surface area contributed by atoms with Gasteiger partial charge in [-0.05, 0) is 55.2 Å². The molecule has 0 aromatic heterocycles. The van der Waals surface area contributed by atoms with E-state index < -0.39 is 0 Å². The van der Waals surface area contributed by atoms with Gasteiger partial charge in [0, 0.05) is 17.1 Å². The third kappa shape index (κ3) is 3.28. The highest BCUT2D eigenvalue weighted by Crippen LogP contribution is 2.28. The second-order valence-corrected chi connectivity index (χ2v) is 5.66. The monoisotopic (exact) mass is 285 g/mol. The average molecular weight is 285 g/mol. The van der Waals surface area contributed by atoms with E-state index in [4.69, 9.17) is 4.74 Å². The van der Waals surface area contributed by atoms with Crippen molar-refractivity contribution in [3.05, 3.63) is 54.1 Å². The Labute approximate surface area is 125 Å². The number of nitrogens with one attached hydrogen (secondary N) is 1. The smallest absolute Gasteiger partial charge is 0.120 e. The first-order valence-corrected chi connectivity index (χ1v) is 7.53. The van der Waals surface area contributed by atoms with Crippen molar-refractivity contribution in [2.24, 2.45) is 0 Å². The quantitative estimate of drug-likeness (QED) is 0.788. The van der Waals surface area contributed by atoms with Gasteiger partial charge in [0.25, 0.3) is 0 Å². The topological polar surface area (TPSA) is 21.3 Å². The number of thiol groups is 1. The SMILES string of the molecule is Sc1ccc(OC2CCC2)cc1CNc1ccccc1. The van der Waals surface area contributed by atoms with Gasteiger partial charge in [0.15, 0.2) is 0 Å². The molecule has 1 N–H and O–H groups in total. The zero-order chi connectivity index (χ0) is 13.8. The Bertz CT molecular complexity index is 566. The number of anilines is 1. The molecule has 1 fully saturated rings. The summed E-state index contributed by atoms with van der Waals surface area (Å²) in [6.45, 7) is 0.755.